The van der Waals surface area contributed by atoms with Crippen LogP contribution in [0.3, 0.4) is 0 Å². The number of nitrogens with zero attached hydrogens (tertiary/aromatic N) is 2. The summed E-state index contributed by atoms with van der Waals surface area (Å²) in [7, 11) is 0. The molecule has 2 aliphatic rings. The average Bonchev–Trinajstić information content (AvgIpc) is 3.49. The van der Waals surface area contributed by atoms with Gasteiger partial charge in [0.25, 0.3) is 11.6 Å². The van der Waals surface area contributed by atoms with Gasteiger partial charge in [0.2, 0.25) is 11.9 Å². The molecule has 3 aromatic rings. The van der Waals surface area contributed by atoms with Gasteiger partial charge in [0.15, 0.2) is 0 Å². The number of carbonyl (C=O) groups excluding carboxylic acids is 2. The summed E-state index contributed by atoms with van der Waals surface area (Å²) in [5.41, 5.74) is -1.41. The molecule has 1 aliphatic carbocycles. The van der Waals surface area contributed by atoms with Gasteiger partial charge in [-0.1, -0.05) is 68.1 Å². The Morgan fingerprint density at radius 3 is 2.55 bits per heavy atom. The molecule has 2 heterocycles. The van der Waals surface area contributed by atoms with Crippen molar-refractivity contribution in [3.63, 3.8) is 0 Å². The Hall–Kier alpha value is -3.36. The molecule has 2 amide bonds. The predicted octanol–water partition coefficient (Wildman–Crippen LogP) is 4.96. The number of carbonyl (C=O) groups is 2. The molecule has 0 radical (unpaired) electrons. The van der Waals surface area contributed by atoms with Crippen molar-refractivity contribution in [3.05, 3.63) is 48.5 Å². The quantitative estimate of drug-likeness (QED) is 0.570. The second-order valence-corrected chi connectivity index (χ2v) is 8.71. The fourth-order valence-corrected chi connectivity index (χ4v) is 5.00. The number of anilines is 1. The van der Waals surface area contributed by atoms with Crippen LogP contribution in [0.4, 0.5) is 19.1 Å². The van der Waals surface area contributed by atoms with Crippen LogP contribution in [0.15, 0.2) is 48.5 Å². The highest BCUT2D eigenvalue weighted by molar-refractivity contribution is 6.06. The van der Waals surface area contributed by atoms with Crippen molar-refractivity contribution in [1.82, 2.24) is 14.9 Å². The van der Waals surface area contributed by atoms with Gasteiger partial charge in [-0.3, -0.25) is 19.5 Å². The Labute approximate surface area is 188 Å². The Kier molecular flexibility index (Phi) is 5.14. The van der Waals surface area contributed by atoms with Crippen molar-refractivity contribution in [2.24, 2.45) is 5.92 Å². The third kappa shape index (κ3) is 3.46. The summed E-state index contributed by atoms with van der Waals surface area (Å²) < 4.78 is 44.4. The maximum Gasteiger partial charge on any atom is 0.440 e. The molecule has 5 rings (SSSR count). The first kappa shape index (κ1) is 21.5. The van der Waals surface area contributed by atoms with Gasteiger partial charge >= 0.3 is 6.18 Å². The highest BCUT2D eigenvalue weighted by Gasteiger charge is 2.67. The maximum absolute atomic E-state index is 14.6. The van der Waals surface area contributed by atoms with E-state index in [2.05, 4.69) is 10.3 Å². The minimum atomic E-state index is -5.08. The van der Waals surface area contributed by atoms with E-state index in [1.165, 1.54) is 6.07 Å². The SMILES string of the molecule is O=C(CCC1CCCC1)NC1(C(F)(F)F)C(=O)Nc2nc3c(-c4ccccc4)cccc3n21. The van der Waals surface area contributed by atoms with Crippen LogP contribution >= 0.6 is 0 Å². The van der Waals surface area contributed by atoms with Gasteiger partial charge in [-0.05, 0) is 24.0 Å². The van der Waals surface area contributed by atoms with Crippen LogP contribution in [0.25, 0.3) is 22.2 Å². The summed E-state index contributed by atoms with van der Waals surface area (Å²) in [6, 6.07) is 14.0. The number of aromatic nitrogens is 2. The van der Waals surface area contributed by atoms with Gasteiger partial charge in [-0.15, -0.1) is 0 Å². The predicted molar refractivity (Wildman–Crippen MR) is 117 cm³/mol. The second-order valence-electron chi connectivity index (χ2n) is 8.71. The maximum atomic E-state index is 14.6. The van der Waals surface area contributed by atoms with Crippen LogP contribution in [-0.2, 0) is 15.3 Å². The smallest absolute Gasteiger partial charge is 0.317 e. The second kappa shape index (κ2) is 7.90. The van der Waals surface area contributed by atoms with Crippen molar-refractivity contribution in [2.45, 2.75) is 50.4 Å². The lowest BCUT2D eigenvalue weighted by Crippen LogP contribution is -2.63. The number of nitrogens with one attached hydrogen (secondary N) is 2. The number of alkyl halides is 3. The van der Waals surface area contributed by atoms with Crippen molar-refractivity contribution in [1.29, 1.82) is 0 Å². The third-order valence-corrected chi connectivity index (χ3v) is 6.64. The average molecular weight is 456 g/mol. The van der Waals surface area contributed by atoms with Crippen molar-refractivity contribution >= 4 is 28.8 Å². The summed E-state index contributed by atoms with van der Waals surface area (Å²) in [5, 5.41) is 4.29. The zero-order chi connectivity index (χ0) is 23.2. The largest absolute Gasteiger partial charge is 0.440 e. The molecule has 1 unspecified atom stereocenters. The van der Waals surface area contributed by atoms with Crippen LogP contribution in [0.1, 0.15) is 38.5 Å². The number of halogens is 3. The van der Waals surface area contributed by atoms with Crippen molar-refractivity contribution < 1.29 is 22.8 Å². The summed E-state index contributed by atoms with van der Waals surface area (Å²) >= 11 is 0. The van der Waals surface area contributed by atoms with Gasteiger partial charge in [0.05, 0.1) is 11.0 Å². The number of fused-ring (bicyclic) bond motifs is 3. The van der Waals surface area contributed by atoms with E-state index in [1.54, 1.807) is 12.1 Å². The van der Waals surface area contributed by atoms with E-state index >= 15 is 0 Å². The van der Waals surface area contributed by atoms with Gasteiger partial charge in [-0.25, -0.2) is 4.98 Å². The Morgan fingerprint density at radius 2 is 1.85 bits per heavy atom. The first-order valence-electron chi connectivity index (χ1n) is 11.1. The molecule has 172 valence electrons. The van der Waals surface area contributed by atoms with E-state index in [1.807, 2.05) is 35.6 Å². The number of amides is 2. The number of para-hydroxylation sites is 1. The van der Waals surface area contributed by atoms with Crippen LogP contribution in [0.2, 0.25) is 0 Å². The zero-order valence-electron chi connectivity index (χ0n) is 17.8. The Morgan fingerprint density at radius 1 is 1.12 bits per heavy atom. The molecule has 0 spiro atoms. The van der Waals surface area contributed by atoms with Crippen molar-refractivity contribution in [3.8, 4) is 11.1 Å². The van der Waals surface area contributed by atoms with E-state index in [4.69, 9.17) is 0 Å². The van der Waals surface area contributed by atoms with Crippen molar-refractivity contribution in [2.75, 3.05) is 5.32 Å². The summed E-state index contributed by atoms with van der Waals surface area (Å²) in [6.07, 6.45) is -0.510. The molecule has 1 aliphatic heterocycles. The lowest BCUT2D eigenvalue weighted by atomic mass is 10.0. The van der Waals surface area contributed by atoms with Gasteiger partial charge < -0.3 is 5.32 Å². The molecule has 1 saturated carbocycles. The van der Waals surface area contributed by atoms with Crippen LogP contribution in [0.5, 0.6) is 0 Å². The molecule has 0 bridgehead atoms. The molecule has 0 saturated heterocycles. The Balaban J connectivity index is 1.57. The van der Waals surface area contributed by atoms with Gasteiger partial charge in [0.1, 0.15) is 0 Å². The standard InChI is InChI=1S/C24H23F3N4O2/c25-24(26,27)23(30-19(32)14-13-15-7-4-5-8-15)21(33)29-22-28-20-17(16-9-2-1-3-10-16)11-6-12-18(20)31(22)23/h1-3,6,9-12,15H,4-5,7-8,13-14H2,(H,30,32)(H,28,29,33). The molecule has 2 aromatic carbocycles. The number of imidazole rings is 1. The molecular weight excluding hydrogens is 433 g/mol. The highest BCUT2D eigenvalue weighted by Crippen LogP contribution is 2.45. The minimum absolute atomic E-state index is 0.0625. The number of benzene rings is 2. The third-order valence-electron chi connectivity index (χ3n) is 6.64. The van der Waals surface area contributed by atoms with E-state index in [0.717, 1.165) is 35.8 Å². The molecule has 33 heavy (non-hydrogen) atoms. The fraction of sp³-hybridized carbons (Fsp3) is 0.375. The van der Waals surface area contributed by atoms with E-state index < -0.39 is 23.7 Å². The lowest BCUT2D eigenvalue weighted by Gasteiger charge is -2.32. The molecule has 1 atom stereocenters. The summed E-state index contributed by atoms with van der Waals surface area (Å²) in [4.78, 5) is 29.8. The highest BCUT2D eigenvalue weighted by atomic mass is 19.4. The Bertz CT molecular complexity index is 1220. The van der Waals surface area contributed by atoms with Crippen LogP contribution < -0.4 is 10.6 Å². The summed E-state index contributed by atoms with van der Waals surface area (Å²) in [6.45, 7) is 0. The molecule has 1 fully saturated rings. The molecule has 2 N–H and O–H groups in total. The van der Waals surface area contributed by atoms with Gasteiger partial charge in [0, 0.05) is 12.0 Å². The fourth-order valence-electron chi connectivity index (χ4n) is 5.00. The first-order valence-corrected chi connectivity index (χ1v) is 11.1. The number of rotatable bonds is 5. The van der Waals surface area contributed by atoms with Gasteiger partial charge in [-0.2, -0.15) is 13.2 Å². The lowest BCUT2D eigenvalue weighted by molar-refractivity contribution is -0.217. The summed E-state index contributed by atoms with van der Waals surface area (Å²) in [5.74, 6) is -2.07. The topological polar surface area (TPSA) is 76.0 Å². The van der Waals surface area contributed by atoms with E-state index in [9.17, 15) is 22.8 Å². The first-order chi connectivity index (χ1) is 15.8. The normalized spacial score (nSPS) is 20.8. The monoisotopic (exact) mass is 456 g/mol. The van der Waals surface area contributed by atoms with E-state index in [-0.39, 0.29) is 17.9 Å². The molecule has 6 nitrogen and oxygen atoms in total. The zero-order valence-corrected chi connectivity index (χ0v) is 17.8. The molecule has 9 heteroatoms. The van der Waals surface area contributed by atoms with Crippen LogP contribution in [0, 0.1) is 5.92 Å². The minimum Gasteiger partial charge on any atom is -0.317 e. The van der Waals surface area contributed by atoms with E-state index in [0.29, 0.717) is 23.4 Å². The number of hydrogen-bond acceptors (Lipinski definition) is 3. The molecule has 1 aromatic heterocycles. The van der Waals surface area contributed by atoms with Crippen LogP contribution in [-0.4, -0.2) is 27.5 Å². The number of hydrogen-bond donors (Lipinski definition) is 2. The molecular formula is C24H23F3N4O2.